The first-order valence-electron chi connectivity index (χ1n) is 4.95. The lowest BCUT2D eigenvalue weighted by Crippen LogP contribution is -2.23. The van der Waals surface area contributed by atoms with Gasteiger partial charge in [-0.1, -0.05) is 0 Å². The number of carbonyl (C=O) groups is 1. The highest BCUT2D eigenvalue weighted by molar-refractivity contribution is 5.92. The van der Waals surface area contributed by atoms with Crippen LogP contribution in [0.3, 0.4) is 0 Å². The van der Waals surface area contributed by atoms with E-state index in [1.54, 1.807) is 26.4 Å². The van der Waals surface area contributed by atoms with E-state index in [9.17, 15) is 4.79 Å². The summed E-state index contributed by atoms with van der Waals surface area (Å²) in [5.74, 6) is -0.0811. The summed E-state index contributed by atoms with van der Waals surface area (Å²) in [5.41, 5.74) is 1.39. The standard InChI is InChI=1S/C11H17N3O/c1-8(2)13-9-5-6-12-10(7-9)11(15)14(3)4/h5-8H,1-4H3,(H,12,13). The Morgan fingerprint density at radius 2 is 2.13 bits per heavy atom. The van der Waals surface area contributed by atoms with Gasteiger partial charge in [-0.15, -0.1) is 0 Å². The SMILES string of the molecule is CC(C)Nc1ccnc(C(=O)N(C)C)c1. The molecule has 4 nitrogen and oxygen atoms in total. The topological polar surface area (TPSA) is 45.2 Å². The fraction of sp³-hybridized carbons (Fsp3) is 0.455. The Morgan fingerprint density at radius 3 is 2.67 bits per heavy atom. The summed E-state index contributed by atoms with van der Waals surface area (Å²) >= 11 is 0. The molecule has 0 atom stereocenters. The van der Waals surface area contributed by atoms with Gasteiger partial charge in [0, 0.05) is 32.0 Å². The molecule has 0 radical (unpaired) electrons. The van der Waals surface area contributed by atoms with Crippen LogP contribution in [0, 0.1) is 0 Å². The van der Waals surface area contributed by atoms with Crippen molar-refractivity contribution in [3.8, 4) is 0 Å². The third kappa shape index (κ3) is 3.23. The molecule has 0 aromatic carbocycles. The van der Waals surface area contributed by atoms with Gasteiger partial charge < -0.3 is 10.2 Å². The van der Waals surface area contributed by atoms with Crippen molar-refractivity contribution < 1.29 is 4.79 Å². The number of pyridine rings is 1. The summed E-state index contributed by atoms with van der Waals surface area (Å²) in [5, 5.41) is 3.23. The van der Waals surface area contributed by atoms with E-state index in [0.717, 1.165) is 5.69 Å². The first kappa shape index (κ1) is 11.5. The van der Waals surface area contributed by atoms with E-state index in [1.807, 2.05) is 19.9 Å². The molecule has 1 rings (SSSR count). The van der Waals surface area contributed by atoms with Crippen LogP contribution in [0.1, 0.15) is 24.3 Å². The average Bonchev–Trinajstić information content (AvgIpc) is 2.16. The molecule has 0 aliphatic rings. The molecule has 0 unspecified atom stereocenters. The summed E-state index contributed by atoms with van der Waals surface area (Å²) in [4.78, 5) is 17.2. The van der Waals surface area contributed by atoms with Gasteiger partial charge in [-0.25, -0.2) is 0 Å². The number of amides is 1. The minimum absolute atomic E-state index is 0.0811. The zero-order valence-electron chi connectivity index (χ0n) is 9.61. The van der Waals surface area contributed by atoms with Crippen molar-refractivity contribution in [2.45, 2.75) is 19.9 Å². The van der Waals surface area contributed by atoms with E-state index in [1.165, 1.54) is 4.90 Å². The highest BCUT2D eigenvalue weighted by Gasteiger charge is 2.09. The second-order valence-corrected chi connectivity index (χ2v) is 3.93. The van der Waals surface area contributed by atoms with Gasteiger partial charge in [-0.05, 0) is 26.0 Å². The van der Waals surface area contributed by atoms with Crippen LogP contribution in [-0.4, -0.2) is 35.9 Å². The zero-order chi connectivity index (χ0) is 11.4. The molecule has 0 aliphatic carbocycles. The molecule has 1 N–H and O–H groups in total. The van der Waals surface area contributed by atoms with Crippen LogP contribution in [0.2, 0.25) is 0 Å². The van der Waals surface area contributed by atoms with Gasteiger partial charge in [0.15, 0.2) is 0 Å². The van der Waals surface area contributed by atoms with Crippen LogP contribution in [0.4, 0.5) is 5.69 Å². The van der Waals surface area contributed by atoms with Gasteiger partial charge in [-0.2, -0.15) is 0 Å². The highest BCUT2D eigenvalue weighted by atomic mass is 16.2. The average molecular weight is 207 g/mol. The molecule has 1 amide bonds. The molecule has 0 saturated heterocycles. The van der Waals surface area contributed by atoms with Crippen LogP contribution < -0.4 is 5.32 Å². The Balaban J connectivity index is 2.87. The van der Waals surface area contributed by atoms with Crippen LogP contribution in [0.25, 0.3) is 0 Å². The highest BCUT2D eigenvalue weighted by Crippen LogP contribution is 2.10. The molecule has 1 heterocycles. The first-order chi connectivity index (χ1) is 7.00. The van der Waals surface area contributed by atoms with Gasteiger partial charge >= 0.3 is 0 Å². The van der Waals surface area contributed by atoms with Crippen molar-refractivity contribution in [2.24, 2.45) is 0 Å². The molecule has 0 fully saturated rings. The second kappa shape index (κ2) is 4.77. The minimum atomic E-state index is -0.0811. The summed E-state index contributed by atoms with van der Waals surface area (Å²) in [6.45, 7) is 4.10. The largest absolute Gasteiger partial charge is 0.383 e. The van der Waals surface area contributed by atoms with E-state index in [2.05, 4.69) is 10.3 Å². The fourth-order valence-electron chi connectivity index (χ4n) is 1.20. The Labute approximate surface area is 90.3 Å². The van der Waals surface area contributed by atoms with Crippen molar-refractivity contribution in [3.05, 3.63) is 24.0 Å². The van der Waals surface area contributed by atoms with E-state index >= 15 is 0 Å². The molecule has 0 aliphatic heterocycles. The molecular formula is C11H17N3O. The smallest absolute Gasteiger partial charge is 0.272 e. The van der Waals surface area contributed by atoms with Crippen molar-refractivity contribution in [1.29, 1.82) is 0 Å². The Hall–Kier alpha value is -1.58. The van der Waals surface area contributed by atoms with E-state index in [-0.39, 0.29) is 5.91 Å². The van der Waals surface area contributed by atoms with Gasteiger partial charge in [0.1, 0.15) is 5.69 Å². The second-order valence-electron chi connectivity index (χ2n) is 3.93. The third-order valence-electron chi connectivity index (χ3n) is 1.84. The molecule has 0 spiro atoms. The lowest BCUT2D eigenvalue weighted by molar-refractivity contribution is 0.0822. The predicted molar refractivity (Wildman–Crippen MR) is 61.0 cm³/mol. The number of carbonyl (C=O) groups excluding carboxylic acids is 1. The summed E-state index contributed by atoms with van der Waals surface area (Å²) in [6.07, 6.45) is 1.64. The minimum Gasteiger partial charge on any atom is -0.383 e. The third-order valence-corrected chi connectivity index (χ3v) is 1.84. The van der Waals surface area contributed by atoms with Gasteiger partial charge in [0.2, 0.25) is 0 Å². The summed E-state index contributed by atoms with van der Waals surface area (Å²) in [7, 11) is 3.43. The Kier molecular flexibility index (Phi) is 3.66. The zero-order valence-corrected chi connectivity index (χ0v) is 9.61. The van der Waals surface area contributed by atoms with Crippen molar-refractivity contribution in [3.63, 3.8) is 0 Å². The molecule has 1 aromatic rings. The summed E-state index contributed by atoms with van der Waals surface area (Å²) < 4.78 is 0. The van der Waals surface area contributed by atoms with Crippen LogP contribution in [0.15, 0.2) is 18.3 Å². The lowest BCUT2D eigenvalue weighted by Gasteiger charge is -2.12. The van der Waals surface area contributed by atoms with Gasteiger partial charge in [0.25, 0.3) is 5.91 Å². The predicted octanol–water partition coefficient (Wildman–Crippen LogP) is 1.60. The maximum absolute atomic E-state index is 11.6. The van der Waals surface area contributed by atoms with Crippen molar-refractivity contribution in [1.82, 2.24) is 9.88 Å². The molecule has 4 heteroatoms. The molecule has 0 saturated carbocycles. The number of aromatic nitrogens is 1. The quantitative estimate of drug-likeness (QED) is 0.819. The first-order valence-corrected chi connectivity index (χ1v) is 4.95. The molecule has 82 valence electrons. The van der Waals surface area contributed by atoms with Crippen LogP contribution in [-0.2, 0) is 0 Å². The normalized spacial score (nSPS) is 10.2. The molecule has 15 heavy (non-hydrogen) atoms. The van der Waals surface area contributed by atoms with Crippen LogP contribution >= 0.6 is 0 Å². The molecule has 1 aromatic heterocycles. The van der Waals surface area contributed by atoms with Crippen molar-refractivity contribution in [2.75, 3.05) is 19.4 Å². The monoisotopic (exact) mass is 207 g/mol. The van der Waals surface area contributed by atoms with Crippen LogP contribution in [0.5, 0.6) is 0 Å². The Bertz CT molecular complexity index is 347. The maximum atomic E-state index is 11.6. The number of hydrogen-bond donors (Lipinski definition) is 1. The number of anilines is 1. The number of hydrogen-bond acceptors (Lipinski definition) is 3. The molecular weight excluding hydrogens is 190 g/mol. The van der Waals surface area contributed by atoms with Gasteiger partial charge in [-0.3, -0.25) is 9.78 Å². The maximum Gasteiger partial charge on any atom is 0.272 e. The van der Waals surface area contributed by atoms with E-state index < -0.39 is 0 Å². The van der Waals surface area contributed by atoms with E-state index in [0.29, 0.717) is 11.7 Å². The van der Waals surface area contributed by atoms with Gasteiger partial charge in [0.05, 0.1) is 0 Å². The summed E-state index contributed by atoms with van der Waals surface area (Å²) in [6, 6.07) is 3.96. The number of nitrogens with one attached hydrogen (secondary N) is 1. The van der Waals surface area contributed by atoms with E-state index in [4.69, 9.17) is 0 Å². The molecule has 0 bridgehead atoms. The number of rotatable bonds is 3. The number of nitrogens with zero attached hydrogens (tertiary/aromatic N) is 2. The fourth-order valence-corrected chi connectivity index (χ4v) is 1.20. The Morgan fingerprint density at radius 1 is 1.47 bits per heavy atom. The lowest BCUT2D eigenvalue weighted by atomic mass is 10.2. The van der Waals surface area contributed by atoms with Crippen molar-refractivity contribution >= 4 is 11.6 Å².